The van der Waals surface area contributed by atoms with E-state index in [0.29, 0.717) is 0 Å². The van der Waals surface area contributed by atoms with Crippen molar-refractivity contribution in [2.75, 3.05) is 47.8 Å². The van der Waals surface area contributed by atoms with E-state index in [1.807, 2.05) is 111 Å². The minimum Gasteiger partial charge on any atom is -0.345 e. The van der Waals surface area contributed by atoms with Gasteiger partial charge in [-0.3, -0.25) is 0 Å². The highest BCUT2D eigenvalue weighted by molar-refractivity contribution is 7.04. The number of nitrogens with zero attached hydrogens (tertiary/aromatic N) is 4. The summed E-state index contributed by atoms with van der Waals surface area (Å²) in [7, 11) is 1.99. The predicted molar refractivity (Wildman–Crippen MR) is 532 cm³/mol. The molecule has 0 amide bonds. The van der Waals surface area contributed by atoms with Crippen LogP contribution in [-0.4, -0.2) is 60.5 Å². The van der Waals surface area contributed by atoms with E-state index in [4.69, 9.17) is 0 Å². The maximum Gasteiger partial charge on any atom is 0.118 e. The first kappa shape index (κ1) is 91.5. The standard InChI is InChI=1S/3C24H25NSi.C19H19NSi.8C2H6/c1-24(2)18-11-7-6-10-16(18)17-14-23-21(15-19(17)24)25(3)20-12-8-9-13-22(20)26(23,4)5;1-24(2)18-11-7-6-10-16(18)17-14-21-23(15-19(17)24)26(4,5)22-13-9-8-12-20(22)25(21)3;1-24(2)18-11-7-6-10-16(18)17-14-15-20-23(22(17)24)26(4,5)21-13-9-8-12-19(21)25(20)3;1-20-16-10-6-7-11-17(16)21(2,3)18-13-12-14-8-4-5-9-15(14)19(18)20;8*1-2/h3*6-15H,1-5H3;4-13H,1-3H3;8*1-2H3. The normalized spacial score (nSPS) is 15.5. The van der Waals surface area contributed by atoms with E-state index in [9.17, 15) is 0 Å². The fourth-order valence-electron chi connectivity index (χ4n) is 19.2. The van der Waals surface area contributed by atoms with Gasteiger partial charge in [-0.1, -0.05) is 405 Å². The molecular formula is C107H142N4Si4. The van der Waals surface area contributed by atoms with E-state index in [2.05, 4.69) is 384 Å². The molecule has 0 radical (unpaired) electrons. The van der Waals surface area contributed by atoms with Gasteiger partial charge in [-0.25, -0.2) is 0 Å². The van der Waals surface area contributed by atoms with Gasteiger partial charge < -0.3 is 19.6 Å². The molecule has 606 valence electrons. The Morgan fingerprint density at radius 3 is 0.991 bits per heavy atom. The van der Waals surface area contributed by atoms with Crippen LogP contribution < -0.4 is 61.1 Å². The molecular weight excluding hydrogens is 1450 g/mol. The van der Waals surface area contributed by atoms with Crippen LogP contribution in [0.15, 0.2) is 243 Å². The van der Waals surface area contributed by atoms with E-state index in [0.717, 1.165) is 0 Å². The highest BCUT2D eigenvalue weighted by atomic mass is 28.3. The molecule has 0 saturated carbocycles. The van der Waals surface area contributed by atoms with Crippen LogP contribution >= 0.6 is 0 Å². The number of para-hydroxylation sites is 4. The third kappa shape index (κ3) is 15.4. The molecule has 4 nitrogen and oxygen atoms in total. The molecule has 8 heteroatoms. The van der Waals surface area contributed by atoms with Gasteiger partial charge in [0.1, 0.15) is 32.3 Å². The molecule has 0 unspecified atom stereocenters. The molecule has 7 aliphatic rings. The van der Waals surface area contributed by atoms with Crippen LogP contribution in [0.25, 0.3) is 44.2 Å². The van der Waals surface area contributed by atoms with E-state index in [1.54, 1.807) is 41.9 Å². The maximum atomic E-state index is 2.54. The molecule has 3 aliphatic carbocycles. The quantitative estimate of drug-likeness (QED) is 0.140. The summed E-state index contributed by atoms with van der Waals surface area (Å²) in [5.41, 5.74) is 28.7. The van der Waals surface area contributed by atoms with Crippen molar-refractivity contribution in [3.63, 3.8) is 0 Å². The molecule has 0 N–H and O–H groups in total. The summed E-state index contributed by atoms with van der Waals surface area (Å²) in [6.45, 7) is 66.3. The minimum atomic E-state index is -1.80. The fourth-order valence-corrected chi connectivity index (χ4v) is 32.1. The monoisotopic (exact) mass is 1600 g/mol. The highest BCUT2D eigenvalue weighted by Gasteiger charge is 2.48. The Bertz CT molecular complexity index is 5340. The second-order valence-electron chi connectivity index (χ2n) is 32.7. The van der Waals surface area contributed by atoms with Gasteiger partial charge >= 0.3 is 0 Å². The molecule has 115 heavy (non-hydrogen) atoms. The summed E-state index contributed by atoms with van der Waals surface area (Å²) < 4.78 is 0. The molecule has 0 bridgehead atoms. The van der Waals surface area contributed by atoms with Crippen molar-refractivity contribution in [2.45, 2.75) is 221 Å². The second-order valence-corrected chi connectivity index (χ2v) is 50.0. The Morgan fingerprint density at radius 2 is 0.539 bits per heavy atom. The van der Waals surface area contributed by atoms with Gasteiger partial charge in [0, 0.05) is 95.3 Å². The van der Waals surface area contributed by atoms with E-state index in [-0.39, 0.29) is 16.2 Å². The lowest BCUT2D eigenvalue weighted by Gasteiger charge is -2.42. The first-order chi connectivity index (χ1) is 55.1. The van der Waals surface area contributed by atoms with Gasteiger partial charge in [0.2, 0.25) is 0 Å². The highest BCUT2D eigenvalue weighted by Crippen LogP contribution is 2.54. The third-order valence-electron chi connectivity index (χ3n) is 24.8. The zero-order valence-electron chi connectivity index (χ0n) is 77.4. The molecule has 12 aromatic rings. The summed E-state index contributed by atoms with van der Waals surface area (Å²) in [6, 6.07) is 90.8. The van der Waals surface area contributed by atoms with Crippen LogP contribution in [0, 0.1) is 0 Å². The number of hydrogen-bond acceptors (Lipinski definition) is 4. The summed E-state index contributed by atoms with van der Waals surface area (Å²) in [5.74, 6) is 0. The number of benzene rings is 12. The van der Waals surface area contributed by atoms with Crippen LogP contribution in [0.3, 0.4) is 0 Å². The molecule has 0 aromatic heterocycles. The van der Waals surface area contributed by atoms with Gasteiger partial charge in [-0.05, 0) is 156 Å². The van der Waals surface area contributed by atoms with E-state index < -0.39 is 32.3 Å². The summed E-state index contributed by atoms with van der Waals surface area (Å²) in [5, 5.41) is 15.2. The van der Waals surface area contributed by atoms with E-state index >= 15 is 0 Å². The Hall–Kier alpha value is -9.03. The van der Waals surface area contributed by atoms with Crippen molar-refractivity contribution in [1.29, 1.82) is 0 Å². The maximum absolute atomic E-state index is 2.54. The summed E-state index contributed by atoms with van der Waals surface area (Å²) in [6.07, 6.45) is 0. The van der Waals surface area contributed by atoms with Crippen molar-refractivity contribution in [3.05, 3.63) is 276 Å². The predicted octanol–water partition coefficient (Wildman–Crippen LogP) is 26.6. The Balaban J connectivity index is 0.000000181. The lowest BCUT2D eigenvalue weighted by molar-refractivity contribution is 0.660. The van der Waals surface area contributed by atoms with Crippen LogP contribution in [0.1, 0.15) is 186 Å². The molecule has 0 saturated heterocycles. The molecule has 4 heterocycles. The second kappa shape index (κ2) is 37.1. The molecule has 0 atom stereocenters. The first-order valence-corrected chi connectivity index (χ1v) is 55.8. The lowest BCUT2D eigenvalue weighted by atomic mass is 9.82. The van der Waals surface area contributed by atoms with Crippen LogP contribution in [0.2, 0.25) is 52.4 Å². The zero-order chi connectivity index (χ0) is 85.4. The SMILES string of the molecule is CC.CC.CC.CC.CC.CC.CC.CC.CN1c2ccccc2[Si](C)(C)c2c1ccc1c2C(C)(C)c2ccccc2-1.CN1c2ccccc2[Si](C)(C)c2cc3c(cc21)-c1ccccc1C3(C)C.CN1c2ccccc2[Si](C)(C)c2cc3c(cc21)C(C)(C)c1ccccc1-3.CN1c2ccccc2[Si](C)(C)c2ccc3ccccc3c21. The molecule has 12 aromatic carbocycles. The van der Waals surface area contributed by atoms with E-state index in [1.165, 1.54) is 123 Å². The van der Waals surface area contributed by atoms with Crippen molar-refractivity contribution in [2.24, 2.45) is 0 Å². The molecule has 0 spiro atoms. The van der Waals surface area contributed by atoms with Gasteiger partial charge in [0.05, 0.1) is 0 Å². The number of rotatable bonds is 0. The topological polar surface area (TPSA) is 13.0 Å². The Kier molecular flexibility index (Phi) is 29.5. The average molecular weight is 1600 g/mol. The third-order valence-corrected chi connectivity index (χ3v) is 38.9. The van der Waals surface area contributed by atoms with Gasteiger partial charge in [0.15, 0.2) is 0 Å². The lowest BCUT2D eigenvalue weighted by Crippen LogP contribution is -2.60. The van der Waals surface area contributed by atoms with Crippen molar-refractivity contribution >= 4 is 130 Å². The smallest absolute Gasteiger partial charge is 0.118 e. The van der Waals surface area contributed by atoms with Gasteiger partial charge in [-0.2, -0.15) is 0 Å². The number of hydrogen-bond donors (Lipinski definition) is 0. The average Bonchev–Trinajstić information content (AvgIpc) is 1.59. The van der Waals surface area contributed by atoms with Crippen LogP contribution in [-0.2, 0) is 16.2 Å². The molecule has 0 fully saturated rings. The zero-order valence-corrected chi connectivity index (χ0v) is 81.4. The summed E-state index contributed by atoms with van der Waals surface area (Å²) >= 11 is 0. The Labute approximate surface area is 703 Å². The van der Waals surface area contributed by atoms with Crippen LogP contribution in [0.5, 0.6) is 0 Å². The molecule has 4 aliphatic heterocycles. The van der Waals surface area contributed by atoms with Crippen molar-refractivity contribution < 1.29 is 0 Å². The summed E-state index contributed by atoms with van der Waals surface area (Å²) in [4.78, 5) is 9.59. The van der Waals surface area contributed by atoms with Crippen molar-refractivity contribution in [1.82, 2.24) is 0 Å². The van der Waals surface area contributed by atoms with Gasteiger partial charge in [0.25, 0.3) is 0 Å². The number of fused-ring (bicyclic) bond motifs is 20. The van der Waals surface area contributed by atoms with Gasteiger partial charge in [-0.15, -0.1) is 0 Å². The minimum absolute atomic E-state index is 0.0503. The first-order valence-electron chi connectivity index (χ1n) is 43.8. The van der Waals surface area contributed by atoms with Crippen LogP contribution in [0.4, 0.5) is 45.5 Å². The molecule has 19 rings (SSSR count). The largest absolute Gasteiger partial charge is 0.345 e. The Morgan fingerprint density at radius 1 is 0.217 bits per heavy atom. The fraction of sp³-hybridized carbons (Fsp3) is 0.346. The number of anilines is 8. The van der Waals surface area contributed by atoms with Crippen molar-refractivity contribution in [3.8, 4) is 33.4 Å².